The van der Waals surface area contributed by atoms with Crippen LogP contribution in [0.3, 0.4) is 0 Å². The van der Waals surface area contributed by atoms with Gasteiger partial charge in [-0.1, -0.05) is 53.5 Å². The first-order valence-corrected chi connectivity index (χ1v) is 11.2. The topological polar surface area (TPSA) is 69.6 Å². The molecular formula is C24H24Cl2N4O2. The van der Waals surface area contributed by atoms with Crippen LogP contribution in [0.5, 0.6) is 0 Å². The molecule has 0 aliphatic heterocycles. The minimum absolute atomic E-state index is 0.0820. The van der Waals surface area contributed by atoms with E-state index in [1.54, 1.807) is 6.20 Å². The van der Waals surface area contributed by atoms with Gasteiger partial charge < -0.3 is 10.0 Å². The number of rotatable bonds is 6. The number of carbonyl (C=O) groups is 1. The average Bonchev–Trinajstić information content (AvgIpc) is 2.77. The van der Waals surface area contributed by atoms with Crippen molar-refractivity contribution in [1.29, 1.82) is 0 Å². The van der Waals surface area contributed by atoms with Gasteiger partial charge in [0.15, 0.2) is 0 Å². The van der Waals surface area contributed by atoms with Gasteiger partial charge in [0.05, 0.1) is 15.7 Å². The first-order valence-electron chi connectivity index (χ1n) is 10.4. The van der Waals surface area contributed by atoms with Crippen LogP contribution in [-0.2, 0) is 6.42 Å². The molecule has 0 saturated heterocycles. The van der Waals surface area contributed by atoms with E-state index in [9.17, 15) is 9.90 Å². The summed E-state index contributed by atoms with van der Waals surface area (Å²) in [4.78, 5) is 24.3. The van der Waals surface area contributed by atoms with Crippen molar-refractivity contribution in [3.05, 3.63) is 75.4 Å². The molecule has 166 valence electrons. The molecule has 0 saturated carbocycles. The molecule has 8 heteroatoms. The van der Waals surface area contributed by atoms with E-state index >= 15 is 0 Å². The molecular weight excluding hydrogens is 447 g/mol. The second kappa shape index (κ2) is 9.45. The van der Waals surface area contributed by atoms with E-state index in [4.69, 9.17) is 28.2 Å². The SMILES string of the molecule is CN(C)CCCN(C(=O)O)c1ncc2c(n1)-c1ccccc1C(c1ccc(Cl)c(Cl)c1)C2. The number of anilines is 1. The summed E-state index contributed by atoms with van der Waals surface area (Å²) in [5, 5.41) is 10.8. The number of amides is 1. The molecule has 0 spiro atoms. The Hall–Kier alpha value is -2.67. The Balaban J connectivity index is 1.71. The van der Waals surface area contributed by atoms with E-state index in [1.807, 2.05) is 55.4 Å². The van der Waals surface area contributed by atoms with Crippen LogP contribution in [0.25, 0.3) is 11.3 Å². The third kappa shape index (κ3) is 4.58. The van der Waals surface area contributed by atoms with Crippen molar-refractivity contribution >= 4 is 35.2 Å². The number of fused-ring (bicyclic) bond motifs is 3. The molecule has 1 amide bonds. The summed E-state index contributed by atoms with van der Waals surface area (Å²) in [5.74, 6) is 0.288. The largest absolute Gasteiger partial charge is 0.465 e. The molecule has 1 aliphatic carbocycles. The molecule has 0 fully saturated rings. The molecule has 4 rings (SSSR count). The molecule has 0 radical (unpaired) electrons. The molecule has 1 heterocycles. The summed E-state index contributed by atoms with van der Waals surface area (Å²) in [5.41, 5.74) is 4.92. The van der Waals surface area contributed by atoms with Gasteiger partial charge in [0.1, 0.15) is 0 Å². The van der Waals surface area contributed by atoms with Crippen LogP contribution in [-0.4, -0.2) is 53.3 Å². The third-order valence-electron chi connectivity index (χ3n) is 5.67. The van der Waals surface area contributed by atoms with Crippen LogP contribution < -0.4 is 4.90 Å². The van der Waals surface area contributed by atoms with Crippen LogP contribution in [0.1, 0.15) is 29.0 Å². The normalized spacial score (nSPS) is 14.7. The van der Waals surface area contributed by atoms with E-state index in [2.05, 4.69) is 11.1 Å². The van der Waals surface area contributed by atoms with Crippen molar-refractivity contribution in [2.75, 3.05) is 32.1 Å². The predicted molar refractivity (Wildman–Crippen MR) is 128 cm³/mol. The number of carboxylic acid groups (broad SMARTS) is 1. The zero-order chi connectivity index (χ0) is 22.8. The van der Waals surface area contributed by atoms with Gasteiger partial charge in [-0.2, -0.15) is 0 Å². The molecule has 1 atom stereocenters. The molecule has 1 N–H and O–H groups in total. The molecule has 1 unspecified atom stereocenters. The minimum atomic E-state index is -1.05. The zero-order valence-corrected chi connectivity index (χ0v) is 19.4. The zero-order valence-electron chi connectivity index (χ0n) is 17.9. The number of hydrogen-bond donors (Lipinski definition) is 1. The highest BCUT2D eigenvalue weighted by atomic mass is 35.5. The van der Waals surface area contributed by atoms with Crippen LogP contribution in [0.4, 0.5) is 10.7 Å². The van der Waals surface area contributed by atoms with Crippen molar-refractivity contribution in [1.82, 2.24) is 14.9 Å². The van der Waals surface area contributed by atoms with Gasteiger partial charge in [-0.05, 0) is 62.3 Å². The van der Waals surface area contributed by atoms with E-state index in [0.29, 0.717) is 29.4 Å². The number of benzene rings is 2. The summed E-state index contributed by atoms with van der Waals surface area (Å²) in [6.07, 6.45) is 2.08. The molecule has 6 nitrogen and oxygen atoms in total. The number of halogens is 2. The number of aromatic nitrogens is 2. The number of nitrogens with zero attached hydrogens (tertiary/aromatic N) is 4. The standard InChI is InChI=1S/C24H24Cl2N4O2/c1-29(2)10-5-11-30(24(31)32)23-27-14-16-12-19(15-8-9-20(25)21(26)13-15)17-6-3-4-7-18(17)22(16)28-23/h3-4,6-9,13-14,19H,5,10-12H2,1-2H3,(H,31,32). The lowest BCUT2D eigenvalue weighted by Crippen LogP contribution is -2.33. The minimum Gasteiger partial charge on any atom is -0.465 e. The van der Waals surface area contributed by atoms with Crippen molar-refractivity contribution in [2.45, 2.75) is 18.8 Å². The van der Waals surface area contributed by atoms with Crippen LogP contribution >= 0.6 is 23.2 Å². The summed E-state index contributed by atoms with van der Waals surface area (Å²) in [7, 11) is 3.92. The Morgan fingerprint density at radius 3 is 2.62 bits per heavy atom. The Morgan fingerprint density at radius 2 is 1.91 bits per heavy atom. The fourth-order valence-corrected chi connectivity index (χ4v) is 4.42. The van der Waals surface area contributed by atoms with Gasteiger partial charge in [-0.3, -0.25) is 0 Å². The number of hydrogen-bond acceptors (Lipinski definition) is 4. The molecule has 1 aliphatic rings. The van der Waals surface area contributed by atoms with Crippen LogP contribution in [0.15, 0.2) is 48.7 Å². The highest BCUT2D eigenvalue weighted by Gasteiger charge is 2.29. The summed E-state index contributed by atoms with van der Waals surface area (Å²) >= 11 is 12.4. The first-order chi connectivity index (χ1) is 15.3. The maximum atomic E-state index is 11.9. The predicted octanol–water partition coefficient (Wildman–Crippen LogP) is 5.57. The highest BCUT2D eigenvalue weighted by molar-refractivity contribution is 6.42. The lowest BCUT2D eigenvalue weighted by molar-refractivity contribution is 0.201. The first kappa shape index (κ1) is 22.5. The monoisotopic (exact) mass is 470 g/mol. The van der Waals surface area contributed by atoms with E-state index in [-0.39, 0.29) is 11.9 Å². The quantitative estimate of drug-likeness (QED) is 0.509. The lowest BCUT2D eigenvalue weighted by Gasteiger charge is -2.28. The average molecular weight is 471 g/mol. The molecule has 3 aromatic rings. The van der Waals surface area contributed by atoms with E-state index in [0.717, 1.165) is 34.5 Å². The second-order valence-corrected chi connectivity index (χ2v) is 8.97. The van der Waals surface area contributed by atoms with Crippen molar-refractivity contribution < 1.29 is 9.90 Å². The Kier molecular flexibility index (Phi) is 6.65. The summed E-state index contributed by atoms with van der Waals surface area (Å²) in [6, 6.07) is 13.8. The third-order valence-corrected chi connectivity index (χ3v) is 6.41. The fraction of sp³-hybridized carbons (Fsp3) is 0.292. The van der Waals surface area contributed by atoms with Crippen LogP contribution in [0.2, 0.25) is 10.0 Å². The Morgan fingerprint density at radius 1 is 1.12 bits per heavy atom. The molecule has 0 bridgehead atoms. The maximum absolute atomic E-state index is 11.9. The van der Waals surface area contributed by atoms with Gasteiger partial charge in [0.2, 0.25) is 5.95 Å². The van der Waals surface area contributed by atoms with Crippen molar-refractivity contribution in [2.24, 2.45) is 0 Å². The van der Waals surface area contributed by atoms with Gasteiger partial charge >= 0.3 is 6.09 Å². The van der Waals surface area contributed by atoms with E-state index < -0.39 is 6.09 Å². The van der Waals surface area contributed by atoms with Gasteiger partial charge in [-0.15, -0.1) is 0 Å². The fourth-order valence-electron chi connectivity index (χ4n) is 4.11. The summed E-state index contributed by atoms with van der Waals surface area (Å²) < 4.78 is 0. The highest BCUT2D eigenvalue weighted by Crippen LogP contribution is 2.43. The second-order valence-electron chi connectivity index (χ2n) is 8.15. The molecule has 1 aromatic heterocycles. The maximum Gasteiger partial charge on any atom is 0.414 e. The van der Waals surface area contributed by atoms with Crippen molar-refractivity contribution in [3.8, 4) is 11.3 Å². The smallest absolute Gasteiger partial charge is 0.414 e. The van der Waals surface area contributed by atoms with E-state index in [1.165, 1.54) is 4.90 Å². The molecule has 2 aromatic carbocycles. The van der Waals surface area contributed by atoms with Gasteiger partial charge in [0.25, 0.3) is 0 Å². The van der Waals surface area contributed by atoms with Crippen molar-refractivity contribution in [3.63, 3.8) is 0 Å². The molecule has 32 heavy (non-hydrogen) atoms. The Bertz CT molecular complexity index is 1150. The lowest BCUT2D eigenvalue weighted by atomic mass is 9.78. The Labute approximate surface area is 197 Å². The van der Waals surface area contributed by atoms with Gasteiger partial charge in [0, 0.05) is 24.2 Å². The van der Waals surface area contributed by atoms with Crippen LogP contribution in [0, 0.1) is 0 Å². The summed E-state index contributed by atoms with van der Waals surface area (Å²) in [6.45, 7) is 1.11. The van der Waals surface area contributed by atoms with Gasteiger partial charge in [-0.25, -0.2) is 19.7 Å².